The first-order valence-electron chi connectivity index (χ1n) is 8.25. The van der Waals surface area contributed by atoms with Gasteiger partial charge in [-0.15, -0.1) is 0 Å². The van der Waals surface area contributed by atoms with Gasteiger partial charge in [-0.1, -0.05) is 30.3 Å². The molecule has 136 valence electrons. The lowest BCUT2D eigenvalue weighted by atomic mass is 9.91. The molecule has 0 radical (unpaired) electrons. The maximum Gasteiger partial charge on any atom is 0.673 e. The molecule has 8 heteroatoms. The van der Waals surface area contributed by atoms with E-state index in [0.29, 0.717) is 0 Å². The number of halogens is 4. The Morgan fingerprint density at radius 2 is 1.81 bits per heavy atom. The second kappa shape index (κ2) is 7.31. The standard InChI is InChI=1S/C18H17N2O.BF4/c1-13-10-17-19-12-16-9-5-8-15(18(16)20(17)21-13)11-14-6-3-2-4-7-14;2-1(3,4)5/h2-4,6-7,10-12H,5,8-9H2,1H3;/q+1;-1/b15-11+;. The molecule has 0 spiro atoms. The van der Waals surface area contributed by atoms with Crippen LogP contribution in [0.4, 0.5) is 17.3 Å². The Morgan fingerprint density at radius 3 is 2.50 bits per heavy atom. The number of benzene rings is 1. The van der Waals surface area contributed by atoms with Gasteiger partial charge in [-0.05, 0) is 47.4 Å². The van der Waals surface area contributed by atoms with Crippen LogP contribution < -0.4 is 4.57 Å². The summed E-state index contributed by atoms with van der Waals surface area (Å²) in [6.45, 7) is 1.96. The Bertz CT molecular complexity index is 930. The van der Waals surface area contributed by atoms with Gasteiger partial charge in [-0.25, -0.2) is 0 Å². The molecule has 0 saturated heterocycles. The van der Waals surface area contributed by atoms with Gasteiger partial charge in [0.2, 0.25) is 0 Å². The van der Waals surface area contributed by atoms with E-state index in [9.17, 15) is 17.3 Å². The fourth-order valence-corrected chi connectivity index (χ4v) is 3.04. The molecule has 26 heavy (non-hydrogen) atoms. The van der Waals surface area contributed by atoms with Gasteiger partial charge in [0.15, 0.2) is 11.5 Å². The predicted molar refractivity (Wildman–Crippen MR) is 91.8 cm³/mol. The summed E-state index contributed by atoms with van der Waals surface area (Å²) in [6.07, 6.45) is 7.57. The fraction of sp³-hybridized carbons (Fsp3) is 0.222. The summed E-state index contributed by atoms with van der Waals surface area (Å²) >= 11 is 0. The van der Waals surface area contributed by atoms with Crippen molar-refractivity contribution in [3.8, 4) is 0 Å². The zero-order chi connectivity index (χ0) is 18.7. The Kier molecular flexibility index (Phi) is 5.11. The minimum absolute atomic E-state index is 0.882. The zero-order valence-corrected chi connectivity index (χ0v) is 14.1. The SMILES string of the molecule is Cc1cc2ncc3c([n+]2o1)/C(=C/c1ccccc1)CCC3.F[B-](F)(F)F. The molecule has 3 nitrogen and oxygen atoms in total. The molecule has 0 fully saturated rings. The highest BCUT2D eigenvalue weighted by molar-refractivity contribution is 6.50. The van der Waals surface area contributed by atoms with Gasteiger partial charge >= 0.3 is 12.9 Å². The van der Waals surface area contributed by atoms with Crippen LogP contribution in [0.3, 0.4) is 0 Å². The third-order valence-corrected chi connectivity index (χ3v) is 3.97. The van der Waals surface area contributed by atoms with Crippen LogP contribution in [-0.4, -0.2) is 12.2 Å². The average molecular weight is 364 g/mol. The van der Waals surface area contributed by atoms with E-state index < -0.39 is 7.25 Å². The first kappa shape index (κ1) is 18.2. The van der Waals surface area contributed by atoms with Crippen LogP contribution >= 0.6 is 0 Å². The summed E-state index contributed by atoms with van der Waals surface area (Å²) in [6, 6.07) is 12.4. The average Bonchev–Trinajstić information content (AvgIpc) is 2.95. The number of aromatic nitrogens is 2. The van der Waals surface area contributed by atoms with Crippen LogP contribution in [0.5, 0.6) is 0 Å². The lowest BCUT2D eigenvalue weighted by molar-refractivity contribution is -0.722. The Labute approximate surface area is 148 Å². The quantitative estimate of drug-likeness (QED) is 0.349. The molecule has 1 aliphatic carbocycles. The highest BCUT2D eigenvalue weighted by Crippen LogP contribution is 2.30. The summed E-state index contributed by atoms with van der Waals surface area (Å²) in [5, 5.41) is 0. The van der Waals surface area contributed by atoms with Crippen molar-refractivity contribution >= 4 is 24.6 Å². The van der Waals surface area contributed by atoms with Crippen LogP contribution in [-0.2, 0) is 6.42 Å². The van der Waals surface area contributed by atoms with Crippen molar-refractivity contribution in [1.29, 1.82) is 0 Å². The lowest BCUT2D eigenvalue weighted by Crippen LogP contribution is -2.29. The first-order chi connectivity index (χ1) is 12.3. The smallest absolute Gasteiger partial charge is 0.418 e. The Hall–Kier alpha value is -2.64. The van der Waals surface area contributed by atoms with Crippen LogP contribution in [0.1, 0.15) is 35.4 Å². The molecule has 0 atom stereocenters. The van der Waals surface area contributed by atoms with Crippen molar-refractivity contribution in [2.24, 2.45) is 0 Å². The molecule has 0 saturated carbocycles. The van der Waals surface area contributed by atoms with E-state index in [1.807, 2.05) is 29.8 Å². The van der Waals surface area contributed by atoms with Crippen molar-refractivity contribution < 1.29 is 26.4 Å². The number of allylic oxidation sites excluding steroid dienone is 1. The van der Waals surface area contributed by atoms with Gasteiger partial charge in [-0.2, -0.15) is 0 Å². The van der Waals surface area contributed by atoms with Gasteiger partial charge in [0.05, 0.1) is 6.07 Å². The second-order valence-electron chi connectivity index (χ2n) is 6.06. The van der Waals surface area contributed by atoms with Gasteiger partial charge in [0, 0.05) is 11.1 Å². The van der Waals surface area contributed by atoms with Crippen molar-refractivity contribution in [2.75, 3.05) is 0 Å². The molecule has 0 amide bonds. The maximum atomic E-state index is 9.75. The maximum absolute atomic E-state index is 9.75. The van der Waals surface area contributed by atoms with E-state index in [1.165, 1.54) is 28.8 Å². The highest BCUT2D eigenvalue weighted by Gasteiger charge is 2.26. The summed E-state index contributed by atoms with van der Waals surface area (Å²) in [5.41, 5.74) is 5.90. The van der Waals surface area contributed by atoms with Crippen molar-refractivity contribution in [3.05, 3.63) is 65.2 Å². The summed E-state index contributed by atoms with van der Waals surface area (Å²) in [5.74, 6) is 0.889. The molecule has 4 rings (SSSR count). The molecule has 1 aliphatic rings. The van der Waals surface area contributed by atoms with Crippen molar-refractivity contribution in [2.45, 2.75) is 26.2 Å². The third-order valence-electron chi connectivity index (χ3n) is 3.97. The lowest BCUT2D eigenvalue weighted by Gasteiger charge is -2.14. The number of nitrogens with zero attached hydrogens (tertiary/aromatic N) is 2. The molecule has 2 heterocycles. The van der Waals surface area contributed by atoms with Gasteiger partial charge in [-0.3, -0.25) is 0 Å². The third kappa shape index (κ3) is 4.50. The predicted octanol–water partition coefficient (Wildman–Crippen LogP) is 4.90. The van der Waals surface area contributed by atoms with Gasteiger partial charge in [0.1, 0.15) is 6.20 Å². The van der Waals surface area contributed by atoms with Crippen LogP contribution in [0.25, 0.3) is 17.3 Å². The molecule has 0 N–H and O–H groups in total. The minimum Gasteiger partial charge on any atom is -0.418 e. The number of fused-ring (bicyclic) bond motifs is 3. The Morgan fingerprint density at radius 1 is 1.12 bits per heavy atom. The minimum atomic E-state index is -6.00. The van der Waals surface area contributed by atoms with E-state index in [0.717, 1.165) is 24.2 Å². The van der Waals surface area contributed by atoms with Crippen molar-refractivity contribution in [1.82, 2.24) is 4.98 Å². The van der Waals surface area contributed by atoms with Gasteiger partial charge in [0.25, 0.3) is 0 Å². The number of aryl methyl sites for hydroxylation is 2. The highest BCUT2D eigenvalue weighted by atomic mass is 19.5. The van der Waals surface area contributed by atoms with E-state index in [-0.39, 0.29) is 0 Å². The molecular formula is C18H17BF4N2O. The van der Waals surface area contributed by atoms with Crippen LogP contribution in [0.15, 0.2) is 47.1 Å². The van der Waals surface area contributed by atoms with Crippen LogP contribution in [0, 0.1) is 6.92 Å². The first-order valence-corrected chi connectivity index (χ1v) is 8.25. The fourth-order valence-electron chi connectivity index (χ4n) is 3.04. The van der Waals surface area contributed by atoms with E-state index in [2.05, 4.69) is 35.3 Å². The molecule has 1 aromatic carbocycles. The second-order valence-corrected chi connectivity index (χ2v) is 6.06. The van der Waals surface area contributed by atoms with Crippen molar-refractivity contribution in [3.63, 3.8) is 0 Å². The number of hydrogen-bond donors (Lipinski definition) is 0. The zero-order valence-electron chi connectivity index (χ0n) is 14.1. The molecular weight excluding hydrogens is 347 g/mol. The number of hydrogen-bond acceptors (Lipinski definition) is 2. The van der Waals surface area contributed by atoms with E-state index >= 15 is 0 Å². The molecule has 2 aromatic heterocycles. The molecule has 0 bridgehead atoms. The molecule has 3 aromatic rings. The molecule has 0 aliphatic heterocycles. The van der Waals surface area contributed by atoms with E-state index in [4.69, 9.17) is 4.52 Å². The largest absolute Gasteiger partial charge is 0.673 e. The van der Waals surface area contributed by atoms with Gasteiger partial charge < -0.3 is 21.8 Å². The number of rotatable bonds is 1. The molecule has 0 unspecified atom stereocenters. The summed E-state index contributed by atoms with van der Waals surface area (Å²) in [4.78, 5) is 4.50. The Balaban J connectivity index is 0.000000349. The topological polar surface area (TPSA) is 30.1 Å². The summed E-state index contributed by atoms with van der Waals surface area (Å²) in [7, 11) is -6.00. The van der Waals surface area contributed by atoms with E-state index in [1.54, 1.807) is 0 Å². The van der Waals surface area contributed by atoms with Crippen LogP contribution in [0.2, 0.25) is 0 Å². The normalized spacial score (nSPS) is 15.5. The summed E-state index contributed by atoms with van der Waals surface area (Å²) < 4.78 is 46.7. The monoisotopic (exact) mass is 364 g/mol.